The summed E-state index contributed by atoms with van der Waals surface area (Å²) in [6.45, 7) is 7.23. The fourth-order valence-corrected chi connectivity index (χ4v) is 1.80. The smallest absolute Gasteiger partial charge is 0.313 e. The molecule has 0 heterocycles. The van der Waals surface area contributed by atoms with Crippen LogP contribution in [0.3, 0.4) is 0 Å². The SMILES string of the molecule is COc1cc(C)cc(C(C)(C)C(=O)O)c1C. The number of benzene rings is 1. The van der Waals surface area contributed by atoms with Crippen LogP contribution in [0.25, 0.3) is 0 Å². The van der Waals surface area contributed by atoms with E-state index >= 15 is 0 Å². The summed E-state index contributed by atoms with van der Waals surface area (Å²) in [5.74, 6) is -0.0902. The van der Waals surface area contributed by atoms with E-state index in [1.807, 2.05) is 26.0 Å². The molecule has 88 valence electrons. The van der Waals surface area contributed by atoms with Crippen molar-refractivity contribution in [3.63, 3.8) is 0 Å². The lowest BCUT2D eigenvalue weighted by Crippen LogP contribution is -2.29. The summed E-state index contributed by atoms with van der Waals surface area (Å²) in [5.41, 5.74) is 1.80. The Morgan fingerprint density at radius 2 is 1.88 bits per heavy atom. The number of carboxylic acids is 1. The van der Waals surface area contributed by atoms with Gasteiger partial charge in [0.1, 0.15) is 5.75 Å². The zero-order valence-electron chi connectivity index (χ0n) is 10.4. The molecule has 1 rings (SSSR count). The molecular weight excluding hydrogens is 204 g/mol. The van der Waals surface area contributed by atoms with Crippen LogP contribution in [0.2, 0.25) is 0 Å². The lowest BCUT2D eigenvalue weighted by atomic mass is 9.81. The van der Waals surface area contributed by atoms with E-state index in [0.29, 0.717) is 0 Å². The maximum absolute atomic E-state index is 11.2. The molecule has 0 aliphatic rings. The molecular formula is C13H18O3. The average Bonchev–Trinajstić information content (AvgIpc) is 2.20. The number of methoxy groups -OCH3 is 1. The van der Waals surface area contributed by atoms with Crippen LogP contribution < -0.4 is 4.74 Å². The van der Waals surface area contributed by atoms with Crippen molar-refractivity contribution >= 4 is 5.97 Å². The first-order valence-electron chi connectivity index (χ1n) is 5.19. The van der Waals surface area contributed by atoms with Gasteiger partial charge in [0.15, 0.2) is 0 Å². The first kappa shape index (κ1) is 12.6. The van der Waals surface area contributed by atoms with E-state index in [1.54, 1.807) is 21.0 Å². The molecule has 1 aromatic carbocycles. The number of hydrogen-bond donors (Lipinski definition) is 1. The van der Waals surface area contributed by atoms with Gasteiger partial charge in [-0.05, 0) is 50.5 Å². The standard InChI is InChI=1S/C13H18O3/c1-8-6-10(13(3,4)12(14)15)9(2)11(7-8)16-5/h6-7H,1-5H3,(H,14,15). The Hall–Kier alpha value is -1.51. The number of aryl methyl sites for hydroxylation is 1. The zero-order chi connectivity index (χ0) is 12.5. The van der Waals surface area contributed by atoms with Gasteiger partial charge in [0.05, 0.1) is 12.5 Å². The first-order chi connectivity index (χ1) is 7.30. The number of ether oxygens (including phenoxy) is 1. The molecule has 1 N–H and O–H groups in total. The van der Waals surface area contributed by atoms with Crippen LogP contribution in [0.4, 0.5) is 0 Å². The van der Waals surface area contributed by atoms with Gasteiger partial charge < -0.3 is 9.84 Å². The summed E-state index contributed by atoms with van der Waals surface area (Å²) in [4.78, 5) is 11.2. The molecule has 0 aliphatic carbocycles. The van der Waals surface area contributed by atoms with Crippen molar-refractivity contribution in [1.82, 2.24) is 0 Å². The molecule has 0 unspecified atom stereocenters. The van der Waals surface area contributed by atoms with Crippen molar-refractivity contribution in [2.45, 2.75) is 33.1 Å². The van der Waals surface area contributed by atoms with E-state index in [9.17, 15) is 9.90 Å². The Balaban J connectivity index is 3.45. The maximum Gasteiger partial charge on any atom is 0.313 e. The van der Waals surface area contributed by atoms with Gasteiger partial charge in [0, 0.05) is 0 Å². The lowest BCUT2D eigenvalue weighted by molar-refractivity contribution is -0.142. The van der Waals surface area contributed by atoms with Crippen LogP contribution in [0.1, 0.15) is 30.5 Å². The summed E-state index contributed by atoms with van der Waals surface area (Å²) >= 11 is 0. The number of carboxylic acid groups (broad SMARTS) is 1. The highest BCUT2D eigenvalue weighted by molar-refractivity contribution is 5.81. The van der Waals surface area contributed by atoms with E-state index < -0.39 is 11.4 Å². The van der Waals surface area contributed by atoms with Crippen LogP contribution in [-0.4, -0.2) is 18.2 Å². The van der Waals surface area contributed by atoms with Crippen molar-refractivity contribution in [3.05, 3.63) is 28.8 Å². The summed E-state index contributed by atoms with van der Waals surface area (Å²) in [6, 6.07) is 3.82. The third-order valence-electron chi connectivity index (χ3n) is 2.93. The molecule has 0 amide bonds. The Bertz CT molecular complexity index is 419. The highest BCUT2D eigenvalue weighted by atomic mass is 16.5. The minimum Gasteiger partial charge on any atom is -0.496 e. The van der Waals surface area contributed by atoms with Gasteiger partial charge in [-0.3, -0.25) is 4.79 Å². The Morgan fingerprint density at radius 3 is 2.31 bits per heavy atom. The molecule has 0 saturated heterocycles. The van der Waals surface area contributed by atoms with E-state index in [4.69, 9.17) is 4.74 Å². The minimum absolute atomic E-state index is 0.740. The molecule has 0 aliphatic heterocycles. The number of aliphatic carboxylic acids is 1. The number of hydrogen-bond acceptors (Lipinski definition) is 2. The molecule has 0 aromatic heterocycles. The summed E-state index contributed by atoms with van der Waals surface area (Å²) in [6.07, 6.45) is 0. The van der Waals surface area contributed by atoms with Crippen molar-refractivity contribution in [1.29, 1.82) is 0 Å². The summed E-state index contributed by atoms with van der Waals surface area (Å²) in [5, 5.41) is 9.23. The molecule has 3 heteroatoms. The summed E-state index contributed by atoms with van der Waals surface area (Å²) in [7, 11) is 1.60. The largest absolute Gasteiger partial charge is 0.496 e. The molecule has 0 saturated carbocycles. The normalized spacial score (nSPS) is 11.3. The highest BCUT2D eigenvalue weighted by Crippen LogP contribution is 2.32. The van der Waals surface area contributed by atoms with E-state index in [1.165, 1.54) is 0 Å². The van der Waals surface area contributed by atoms with Crippen LogP contribution >= 0.6 is 0 Å². The van der Waals surface area contributed by atoms with Gasteiger partial charge in [-0.15, -0.1) is 0 Å². The highest BCUT2D eigenvalue weighted by Gasteiger charge is 2.32. The van der Waals surface area contributed by atoms with Gasteiger partial charge in [-0.25, -0.2) is 0 Å². The molecule has 0 bridgehead atoms. The van der Waals surface area contributed by atoms with Gasteiger partial charge in [-0.2, -0.15) is 0 Å². The molecule has 1 aromatic rings. The second-order valence-corrected chi connectivity index (χ2v) is 4.57. The molecule has 0 fully saturated rings. The van der Waals surface area contributed by atoms with E-state index in [2.05, 4.69) is 0 Å². The molecule has 16 heavy (non-hydrogen) atoms. The fourth-order valence-electron chi connectivity index (χ4n) is 1.80. The first-order valence-corrected chi connectivity index (χ1v) is 5.19. The van der Waals surface area contributed by atoms with Gasteiger partial charge >= 0.3 is 5.97 Å². The fraction of sp³-hybridized carbons (Fsp3) is 0.462. The number of carbonyl (C=O) groups is 1. The van der Waals surface area contributed by atoms with Crippen molar-refractivity contribution in [3.8, 4) is 5.75 Å². The quantitative estimate of drug-likeness (QED) is 0.855. The zero-order valence-corrected chi connectivity index (χ0v) is 10.4. The van der Waals surface area contributed by atoms with Crippen molar-refractivity contribution < 1.29 is 14.6 Å². The van der Waals surface area contributed by atoms with Crippen molar-refractivity contribution in [2.75, 3.05) is 7.11 Å². The van der Waals surface area contributed by atoms with E-state index in [0.717, 1.165) is 22.4 Å². The van der Waals surface area contributed by atoms with Crippen LogP contribution in [0.15, 0.2) is 12.1 Å². The van der Waals surface area contributed by atoms with Crippen LogP contribution in [0, 0.1) is 13.8 Å². The lowest BCUT2D eigenvalue weighted by Gasteiger charge is -2.24. The van der Waals surface area contributed by atoms with Crippen molar-refractivity contribution in [2.24, 2.45) is 0 Å². The van der Waals surface area contributed by atoms with Crippen LogP contribution in [-0.2, 0) is 10.2 Å². The molecule has 0 radical (unpaired) electrons. The second-order valence-electron chi connectivity index (χ2n) is 4.57. The predicted molar refractivity (Wildman–Crippen MR) is 63.1 cm³/mol. The summed E-state index contributed by atoms with van der Waals surface area (Å²) < 4.78 is 5.25. The third-order valence-corrected chi connectivity index (χ3v) is 2.93. The number of rotatable bonds is 3. The van der Waals surface area contributed by atoms with Gasteiger partial charge in [0.2, 0.25) is 0 Å². The Kier molecular flexibility index (Phi) is 3.27. The molecule has 3 nitrogen and oxygen atoms in total. The molecule has 0 atom stereocenters. The Labute approximate surface area is 96.1 Å². The van der Waals surface area contributed by atoms with Gasteiger partial charge in [-0.1, -0.05) is 6.07 Å². The Morgan fingerprint density at radius 1 is 1.31 bits per heavy atom. The molecule has 0 spiro atoms. The average molecular weight is 222 g/mol. The minimum atomic E-state index is -0.899. The van der Waals surface area contributed by atoms with Gasteiger partial charge in [0.25, 0.3) is 0 Å². The van der Waals surface area contributed by atoms with Crippen LogP contribution in [0.5, 0.6) is 5.75 Å². The maximum atomic E-state index is 11.2. The van der Waals surface area contributed by atoms with E-state index in [-0.39, 0.29) is 0 Å². The monoisotopic (exact) mass is 222 g/mol. The second kappa shape index (κ2) is 4.16. The topological polar surface area (TPSA) is 46.5 Å². The predicted octanol–water partition coefficient (Wildman–Crippen LogP) is 2.67. The third kappa shape index (κ3) is 2.03.